The molecule has 7 heteroatoms. The monoisotopic (exact) mass is 312 g/mol. The van der Waals surface area contributed by atoms with E-state index >= 15 is 0 Å². The van der Waals surface area contributed by atoms with Crippen LogP contribution < -0.4 is 10.1 Å². The zero-order valence-electron chi connectivity index (χ0n) is 11.7. The number of carbonyl (C=O) groups excluding carboxylic acids is 1. The summed E-state index contributed by atoms with van der Waals surface area (Å²) in [5.41, 5.74) is 1.36. The molecule has 2 heterocycles. The molecule has 1 aromatic carbocycles. The maximum atomic E-state index is 12.3. The lowest BCUT2D eigenvalue weighted by molar-refractivity contribution is 0.102. The number of pyridine rings is 1. The van der Waals surface area contributed by atoms with E-state index in [4.69, 9.17) is 4.74 Å². The van der Waals surface area contributed by atoms with Crippen molar-refractivity contribution in [1.29, 1.82) is 0 Å². The summed E-state index contributed by atoms with van der Waals surface area (Å²) >= 11 is 1.30. The predicted octanol–water partition coefficient (Wildman–Crippen LogP) is 2.86. The van der Waals surface area contributed by atoms with Gasteiger partial charge in [-0.2, -0.15) is 0 Å². The van der Waals surface area contributed by atoms with E-state index in [1.807, 2.05) is 18.2 Å². The van der Waals surface area contributed by atoms with Crippen molar-refractivity contribution in [2.45, 2.75) is 0 Å². The lowest BCUT2D eigenvalue weighted by Crippen LogP contribution is -2.12. The molecule has 1 N–H and O–H groups in total. The minimum Gasteiger partial charge on any atom is -0.496 e. The van der Waals surface area contributed by atoms with Gasteiger partial charge in [-0.25, -0.2) is 0 Å². The molecule has 0 saturated heterocycles. The second-order valence-electron chi connectivity index (χ2n) is 4.30. The number of rotatable bonds is 4. The van der Waals surface area contributed by atoms with Crippen LogP contribution >= 0.6 is 11.3 Å². The molecule has 6 nitrogen and oxygen atoms in total. The van der Waals surface area contributed by atoms with Crippen molar-refractivity contribution in [2.24, 2.45) is 0 Å². The van der Waals surface area contributed by atoms with E-state index in [2.05, 4.69) is 20.5 Å². The van der Waals surface area contributed by atoms with Gasteiger partial charge >= 0.3 is 0 Å². The van der Waals surface area contributed by atoms with Gasteiger partial charge in [0.2, 0.25) is 5.13 Å². The molecule has 0 spiro atoms. The Hall–Kier alpha value is -2.80. The number of hydrogen-bond acceptors (Lipinski definition) is 6. The SMILES string of the molecule is COc1ccccc1C(=O)Nc1nnc(-c2ccncc2)s1. The van der Waals surface area contributed by atoms with Gasteiger partial charge in [0.05, 0.1) is 12.7 Å². The molecule has 0 aliphatic heterocycles. The first-order chi connectivity index (χ1) is 10.8. The van der Waals surface area contributed by atoms with E-state index in [1.54, 1.807) is 30.6 Å². The predicted molar refractivity (Wildman–Crippen MR) is 84.1 cm³/mol. The number of nitrogens with zero attached hydrogens (tertiary/aromatic N) is 3. The third-order valence-electron chi connectivity index (χ3n) is 2.92. The summed E-state index contributed by atoms with van der Waals surface area (Å²) in [5.74, 6) is 0.230. The van der Waals surface area contributed by atoms with Gasteiger partial charge in [-0.15, -0.1) is 10.2 Å². The van der Waals surface area contributed by atoms with Crippen LogP contribution in [0.5, 0.6) is 5.75 Å². The molecule has 0 aliphatic rings. The number of benzene rings is 1. The standard InChI is InChI=1S/C15H12N4O2S/c1-21-12-5-3-2-4-11(12)13(20)17-15-19-18-14(22-15)10-6-8-16-9-7-10/h2-9H,1H3,(H,17,19,20). The van der Waals surface area contributed by atoms with E-state index < -0.39 is 0 Å². The number of amides is 1. The van der Waals surface area contributed by atoms with Crippen molar-refractivity contribution in [1.82, 2.24) is 15.2 Å². The van der Waals surface area contributed by atoms with Crippen molar-refractivity contribution in [3.8, 4) is 16.3 Å². The van der Waals surface area contributed by atoms with E-state index in [9.17, 15) is 4.79 Å². The van der Waals surface area contributed by atoms with Crippen LogP contribution in [0.2, 0.25) is 0 Å². The summed E-state index contributed by atoms with van der Waals surface area (Å²) in [4.78, 5) is 16.2. The molecule has 0 bridgehead atoms. The zero-order chi connectivity index (χ0) is 15.4. The van der Waals surface area contributed by atoms with Crippen molar-refractivity contribution in [3.05, 3.63) is 54.4 Å². The topological polar surface area (TPSA) is 77.0 Å². The average molecular weight is 312 g/mol. The van der Waals surface area contributed by atoms with E-state index in [-0.39, 0.29) is 5.91 Å². The van der Waals surface area contributed by atoms with Crippen LogP contribution in [0.15, 0.2) is 48.8 Å². The first-order valence-electron chi connectivity index (χ1n) is 6.46. The molecule has 0 atom stereocenters. The Morgan fingerprint density at radius 2 is 1.91 bits per heavy atom. The number of anilines is 1. The summed E-state index contributed by atoms with van der Waals surface area (Å²) in [6.45, 7) is 0. The highest BCUT2D eigenvalue weighted by Gasteiger charge is 2.14. The van der Waals surface area contributed by atoms with Crippen LogP contribution in [0.1, 0.15) is 10.4 Å². The van der Waals surface area contributed by atoms with Gasteiger partial charge in [-0.1, -0.05) is 23.5 Å². The maximum absolute atomic E-state index is 12.3. The summed E-state index contributed by atoms with van der Waals surface area (Å²) in [6.07, 6.45) is 3.37. The molecule has 0 unspecified atom stereocenters. The third-order valence-corrected chi connectivity index (χ3v) is 3.81. The molecule has 0 saturated carbocycles. The van der Waals surface area contributed by atoms with Crippen molar-refractivity contribution in [3.63, 3.8) is 0 Å². The van der Waals surface area contributed by atoms with Crippen molar-refractivity contribution in [2.75, 3.05) is 12.4 Å². The highest BCUT2D eigenvalue weighted by molar-refractivity contribution is 7.18. The van der Waals surface area contributed by atoms with Gasteiger partial charge in [0.15, 0.2) is 0 Å². The quantitative estimate of drug-likeness (QED) is 0.801. The average Bonchev–Trinajstić information content (AvgIpc) is 3.04. The number of para-hydroxylation sites is 1. The van der Waals surface area contributed by atoms with Crippen molar-refractivity contribution < 1.29 is 9.53 Å². The van der Waals surface area contributed by atoms with Crippen LogP contribution in [0.3, 0.4) is 0 Å². The van der Waals surface area contributed by atoms with Crippen LogP contribution in [-0.4, -0.2) is 28.2 Å². The van der Waals surface area contributed by atoms with Crippen LogP contribution in [-0.2, 0) is 0 Å². The molecule has 22 heavy (non-hydrogen) atoms. The van der Waals surface area contributed by atoms with E-state index in [0.29, 0.717) is 16.4 Å². The van der Waals surface area contributed by atoms with Gasteiger partial charge < -0.3 is 4.74 Å². The number of nitrogens with one attached hydrogen (secondary N) is 1. The Labute approximate surface area is 130 Å². The highest BCUT2D eigenvalue weighted by atomic mass is 32.1. The number of carbonyl (C=O) groups is 1. The molecular formula is C15H12N4O2S. The molecule has 3 rings (SSSR count). The van der Waals surface area contributed by atoms with Crippen LogP contribution in [0.25, 0.3) is 10.6 Å². The second-order valence-corrected chi connectivity index (χ2v) is 5.28. The summed E-state index contributed by atoms with van der Waals surface area (Å²) in [5, 5.41) is 11.9. The summed E-state index contributed by atoms with van der Waals surface area (Å²) in [6, 6.07) is 10.7. The summed E-state index contributed by atoms with van der Waals surface area (Å²) in [7, 11) is 1.53. The minimum absolute atomic E-state index is 0.283. The van der Waals surface area contributed by atoms with E-state index in [0.717, 1.165) is 10.6 Å². The first-order valence-corrected chi connectivity index (χ1v) is 7.28. The van der Waals surface area contributed by atoms with Gasteiger partial charge in [-0.3, -0.25) is 15.1 Å². The molecule has 0 aliphatic carbocycles. The number of ether oxygens (including phenoxy) is 1. The van der Waals surface area contributed by atoms with Crippen molar-refractivity contribution >= 4 is 22.4 Å². The fraction of sp³-hybridized carbons (Fsp3) is 0.0667. The summed E-state index contributed by atoms with van der Waals surface area (Å²) < 4.78 is 5.18. The minimum atomic E-state index is -0.283. The zero-order valence-corrected chi connectivity index (χ0v) is 12.5. The number of methoxy groups -OCH3 is 1. The Morgan fingerprint density at radius 3 is 2.68 bits per heavy atom. The Balaban J connectivity index is 1.79. The lowest BCUT2D eigenvalue weighted by atomic mass is 10.2. The largest absolute Gasteiger partial charge is 0.496 e. The van der Waals surface area contributed by atoms with E-state index in [1.165, 1.54) is 18.4 Å². The van der Waals surface area contributed by atoms with Crippen LogP contribution in [0.4, 0.5) is 5.13 Å². The highest BCUT2D eigenvalue weighted by Crippen LogP contribution is 2.26. The van der Waals surface area contributed by atoms with Gasteiger partial charge in [0, 0.05) is 18.0 Å². The normalized spacial score (nSPS) is 10.2. The van der Waals surface area contributed by atoms with Gasteiger partial charge in [0.25, 0.3) is 5.91 Å². The fourth-order valence-electron chi connectivity index (χ4n) is 1.88. The lowest BCUT2D eigenvalue weighted by Gasteiger charge is -2.06. The maximum Gasteiger partial charge on any atom is 0.261 e. The Kier molecular flexibility index (Phi) is 4.06. The molecule has 0 fully saturated rings. The smallest absolute Gasteiger partial charge is 0.261 e. The molecule has 0 radical (unpaired) electrons. The third kappa shape index (κ3) is 2.94. The second kappa shape index (κ2) is 6.31. The molecule has 110 valence electrons. The van der Waals surface area contributed by atoms with Gasteiger partial charge in [0.1, 0.15) is 10.8 Å². The fourth-order valence-corrected chi connectivity index (χ4v) is 2.63. The van der Waals surface area contributed by atoms with Crippen LogP contribution in [0, 0.1) is 0 Å². The Morgan fingerprint density at radius 1 is 1.14 bits per heavy atom. The number of aromatic nitrogens is 3. The molecule has 1 amide bonds. The first kappa shape index (κ1) is 14.2. The van der Waals surface area contributed by atoms with Gasteiger partial charge in [-0.05, 0) is 24.3 Å². The molecular weight excluding hydrogens is 300 g/mol. The Bertz CT molecular complexity index is 789. The number of hydrogen-bond donors (Lipinski definition) is 1. The molecule has 3 aromatic rings. The molecule has 2 aromatic heterocycles.